The fraction of sp³-hybridized carbons (Fsp3) is 0.412. The molecular formula is C17H22N4O3S. The van der Waals surface area contributed by atoms with Crippen LogP contribution >= 0.6 is 0 Å². The van der Waals surface area contributed by atoms with Crippen molar-refractivity contribution >= 4 is 21.7 Å². The van der Waals surface area contributed by atoms with E-state index in [1.807, 2.05) is 13.8 Å². The predicted octanol–water partition coefficient (Wildman–Crippen LogP) is 2.49. The van der Waals surface area contributed by atoms with Crippen molar-refractivity contribution in [3.8, 4) is 0 Å². The molecule has 2 heterocycles. The standard InChI is InChI=1S/C17H22N4O3S/c1-12-5-6-15(10-13(12)2)25(22,23)21-17-8-7-16(19-20-17)18-11-14-4-3-9-24-14/h5-8,10,14H,3-4,9,11H2,1-2H3,(H,18,19)(H,20,21). The Balaban J connectivity index is 1.64. The summed E-state index contributed by atoms with van der Waals surface area (Å²) in [6, 6.07) is 8.29. The molecule has 1 aliphatic heterocycles. The fourth-order valence-electron chi connectivity index (χ4n) is 2.58. The van der Waals surface area contributed by atoms with Crippen molar-refractivity contribution < 1.29 is 13.2 Å². The van der Waals surface area contributed by atoms with Crippen molar-refractivity contribution in [2.45, 2.75) is 37.7 Å². The second-order valence-electron chi connectivity index (χ2n) is 6.17. The molecule has 0 radical (unpaired) electrons. The summed E-state index contributed by atoms with van der Waals surface area (Å²) in [7, 11) is -3.68. The van der Waals surface area contributed by atoms with Gasteiger partial charge in [-0.05, 0) is 62.1 Å². The number of hydrogen-bond acceptors (Lipinski definition) is 6. The van der Waals surface area contributed by atoms with E-state index in [2.05, 4.69) is 20.2 Å². The number of ether oxygens (including phenoxy) is 1. The maximum absolute atomic E-state index is 12.4. The maximum atomic E-state index is 12.4. The zero-order valence-corrected chi connectivity index (χ0v) is 15.1. The summed E-state index contributed by atoms with van der Waals surface area (Å²) in [6.07, 6.45) is 2.32. The van der Waals surface area contributed by atoms with E-state index in [0.29, 0.717) is 12.4 Å². The van der Waals surface area contributed by atoms with Crippen LogP contribution in [0.15, 0.2) is 35.2 Å². The number of anilines is 2. The third kappa shape index (κ3) is 4.46. The van der Waals surface area contributed by atoms with E-state index in [0.717, 1.165) is 30.6 Å². The Morgan fingerprint density at radius 3 is 2.52 bits per heavy atom. The number of nitrogens with one attached hydrogen (secondary N) is 2. The number of nitrogens with zero attached hydrogens (tertiary/aromatic N) is 2. The second kappa shape index (κ2) is 7.37. The minimum atomic E-state index is -3.68. The molecule has 2 aromatic rings. The highest BCUT2D eigenvalue weighted by molar-refractivity contribution is 7.92. The molecule has 0 bridgehead atoms. The summed E-state index contributed by atoms with van der Waals surface area (Å²) in [5, 5.41) is 11.1. The van der Waals surface area contributed by atoms with Crippen LogP contribution in [0.25, 0.3) is 0 Å². The first-order valence-electron chi connectivity index (χ1n) is 8.23. The molecule has 7 nitrogen and oxygen atoms in total. The molecule has 0 spiro atoms. The lowest BCUT2D eigenvalue weighted by Crippen LogP contribution is -2.19. The van der Waals surface area contributed by atoms with Gasteiger partial charge in [0, 0.05) is 13.2 Å². The number of sulfonamides is 1. The summed E-state index contributed by atoms with van der Waals surface area (Å²) in [5.41, 5.74) is 1.96. The number of rotatable bonds is 6. The lowest BCUT2D eigenvalue weighted by Gasteiger charge is -2.11. The molecule has 1 saturated heterocycles. The Morgan fingerprint density at radius 2 is 1.88 bits per heavy atom. The molecule has 1 fully saturated rings. The third-order valence-electron chi connectivity index (χ3n) is 4.23. The Morgan fingerprint density at radius 1 is 1.12 bits per heavy atom. The van der Waals surface area contributed by atoms with Gasteiger partial charge >= 0.3 is 0 Å². The van der Waals surface area contributed by atoms with Crippen LogP contribution in [0.1, 0.15) is 24.0 Å². The van der Waals surface area contributed by atoms with Crippen molar-refractivity contribution in [1.82, 2.24) is 10.2 Å². The van der Waals surface area contributed by atoms with Gasteiger partial charge in [0.1, 0.15) is 5.82 Å². The molecule has 1 atom stereocenters. The van der Waals surface area contributed by atoms with Gasteiger partial charge in [0.25, 0.3) is 10.0 Å². The van der Waals surface area contributed by atoms with Gasteiger partial charge in [-0.15, -0.1) is 10.2 Å². The molecule has 0 aliphatic carbocycles. The van der Waals surface area contributed by atoms with Crippen LogP contribution in [-0.2, 0) is 14.8 Å². The smallest absolute Gasteiger partial charge is 0.263 e. The van der Waals surface area contributed by atoms with E-state index in [-0.39, 0.29) is 16.8 Å². The van der Waals surface area contributed by atoms with Crippen LogP contribution in [-0.4, -0.2) is 37.9 Å². The van der Waals surface area contributed by atoms with Gasteiger partial charge in [-0.3, -0.25) is 4.72 Å². The number of aryl methyl sites for hydroxylation is 2. The number of benzene rings is 1. The van der Waals surface area contributed by atoms with Crippen molar-refractivity contribution in [1.29, 1.82) is 0 Å². The van der Waals surface area contributed by atoms with Crippen LogP contribution < -0.4 is 10.0 Å². The summed E-state index contributed by atoms with van der Waals surface area (Å²) < 4.78 is 32.9. The Kier molecular flexibility index (Phi) is 5.19. The van der Waals surface area contributed by atoms with Crippen LogP contribution in [0.3, 0.4) is 0 Å². The lowest BCUT2D eigenvalue weighted by molar-refractivity contribution is 0.120. The number of aromatic nitrogens is 2. The van der Waals surface area contributed by atoms with E-state index in [1.165, 1.54) is 0 Å². The van der Waals surface area contributed by atoms with E-state index >= 15 is 0 Å². The molecule has 0 saturated carbocycles. The summed E-state index contributed by atoms with van der Waals surface area (Å²) >= 11 is 0. The maximum Gasteiger partial charge on any atom is 0.263 e. The molecule has 134 valence electrons. The molecular weight excluding hydrogens is 340 g/mol. The normalized spacial score (nSPS) is 17.4. The van der Waals surface area contributed by atoms with Gasteiger partial charge in [-0.2, -0.15) is 0 Å². The van der Waals surface area contributed by atoms with Crippen molar-refractivity contribution in [2.75, 3.05) is 23.2 Å². The second-order valence-corrected chi connectivity index (χ2v) is 7.85. The van der Waals surface area contributed by atoms with E-state index in [1.54, 1.807) is 30.3 Å². The highest BCUT2D eigenvalue weighted by atomic mass is 32.2. The topological polar surface area (TPSA) is 93.2 Å². The molecule has 8 heteroatoms. The molecule has 0 amide bonds. The van der Waals surface area contributed by atoms with Crippen LogP contribution in [0, 0.1) is 13.8 Å². The fourth-order valence-corrected chi connectivity index (χ4v) is 3.66. The van der Waals surface area contributed by atoms with Gasteiger partial charge in [0.05, 0.1) is 11.0 Å². The quantitative estimate of drug-likeness (QED) is 0.820. The van der Waals surface area contributed by atoms with Crippen LogP contribution in [0.2, 0.25) is 0 Å². The van der Waals surface area contributed by atoms with Gasteiger partial charge in [0.15, 0.2) is 5.82 Å². The zero-order chi connectivity index (χ0) is 17.9. The molecule has 2 N–H and O–H groups in total. The predicted molar refractivity (Wildman–Crippen MR) is 96.2 cm³/mol. The summed E-state index contributed by atoms with van der Waals surface area (Å²) in [5.74, 6) is 0.769. The van der Waals surface area contributed by atoms with Gasteiger partial charge in [0.2, 0.25) is 0 Å². The molecule has 25 heavy (non-hydrogen) atoms. The van der Waals surface area contributed by atoms with E-state index in [4.69, 9.17) is 4.74 Å². The number of hydrogen-bond donors (Lipinski definition) is 2. The van der Waals surface area contributed by atoms with Crippen LogP contribution in [0.5, 0.6) is 0 Å². The largest absolute Gasteiger partial charge is 0.376 e. The summed E-state index contributed by atoms with van der Waals surface area (Å²) in [6.45, 7) is 5.29. The molecule has 1 unspecified atom stereocenters. The first-order valence-corrected chi connectivity index (χ1v) is 9.72. The van der Waals surface area contributed by atoms with Crippen molar-refractivity contribution in [3.05, 3.63) is 41.5 Å². The average molecular weight is 362 g/mol. The van der Waals surface area contributed by atoms with E-state index < -0.39 is 10.0 Å². The van der Waals surface area contributed by atoms with Gasteiger partial charge in [-0.25, -0.2) is 8.42 Å². The molecule has 3 rings (SSSR count). The van der Waals surface area contributed by atoms with Crippen molar-refractivity contribution in [3.63, 3.8) is 0 Å². The monoisotopic (exact) mass is 362 g/mol. The van der Waals surface area contributed by atoms with Gasteiger partial charge in [-0.1, -0.05) is 6.07 Å². The summed E-state index contributed by atoms with van der Waals surface area (Å²) in [4.78, 5) is 0.206. The average Bonchev–Trinajstić information content (AvgIpc) is 3.10. The minimum absolute atomic E-state index is 0.181. The highest BCUT2D eigenvalue weighted by Crippen LogP contribution is 2.18. The Hall–Kier alpha value is -2.19. The Bertz CT molecular complexity index is 831. The third-order valence-corrected chi connectivity index (χ3v) is 5.58. The molecule has 1 aromatic carbocycles. The SMILES string of the molecule is Cc1ccc(S(=O)(=O)Nc2ccc(NCC3CCCO3)nn2)cc1C. The van der Waals surface area contributed by atoms with Crippen LogP contribution in [0.4, 0.5) is 11.6 Å². The first-order chi connectivity index (χ1) is 11.9. The minimum Gasteiger partial charge on any atom is -0.376 e. The first kappa shape index (κ1) is 17.6. The highest BCUT2D eigenvalue weighted by Gasteiger charge is 2.17. The molecule has 1 aliphatic rings. The van der Waals surface area contributed by atoms with E-state index in [9.17, 15) is 8.42 Å². The van der Waals surface area contributed by atoms with Crippen molar-refractivity contribution in [2.24, 2.45) is 0 Å². The molecule has 1 aromatic heterocycles. The lowest BCUT2D eigenvalue weighted by atomic mass is 10.1. The Labute approximate surface area is 147 Å². The van der Waals surface area contributed by atoms with Gasteiger partial charge < -0.3 is 10.1 Å². The zero-order valence-electron chi connectivity index (χ0n) is 14.3.